The summed E-state index contributed by atoms with van der Waals surface area (Å²) in [5, 5.41) is 3.20. The summed E-state index contributed by atoms with van der Waals surface area (Å²) in [5.74, 6) is 2.78. The normalized spacial score (nSPS) is 34.3. The SMILES string of the molecule is NC(=S)c1ccc(C(=O)NCC23CC4CC(CC(C4)C2)C3)cc1. The van der Waals surface area contributed by atoms with Crippen molar-refractivity contribution in [1.29, 1.82) is 0 Å². The summed E-state index contributed by atoms with van der Waals surface area (Å²) in [7, 11) is 0. The van der Waals surface area contributed by atoms with Gasteiger partial charge in [-0.3, -0.25) is 4.79 Å². The summed E-state index contributed by atoms with van der Waals surface area (Å²) in [5.41, 5.74) is 7.47. The minimum Gasteiger partial charge on any atom is -0.389 e. The van der Waals surface area contributed by atoms with E-state index in [1.165, 1.54) is 38.5 Å². The third kappa shape index (κ3) is 2.89. The van der Waals surface area contributed by atoms with Gasteiger partial charge in [0.05, 0.1) is 0 Å². The molecule has 4 fully saturated rings. The van der Waals surface area contributed by atoms with Gasteiger partial charge in [-0.2, -0.15) is 0 Å². The fourth-order valence-corrected chi connectivity index (χ4v) is 5.80. The average Bonchev–Trinajstić information content (AvgIpc) is 2.51. The highest BCUT2D eigenvalue weighted by molar-refractivity contribution is 7.80. The summed E-state index contributed by atoms with van der Waals surface area (Å²) in [6.45, 7) is 0.840. The van der Waals surface area contributed by atoms with Crippen LogP contribution in [0.2, 0.25) is 0 Å². The number of rotatable bonds is 4. The number of hydrogen-bond acceptors (Lipinski definition) is 2. The first kappa shape index (κ1) is 15.1. The van der Waals surface area contributed by atoms with Crippen molar-refractivity contribution < 1.29 is 4.79 Å². The van der Waals surface area contributed by atoms with E-state index in [9.17, 15) is 4.79 Å². The van der Waals surface area contributed by atoms with E-state index in [2.05, 4.69) is 5.32 Å². The molecule has 23 heavy (non-hydrogen) atoms. The van der Waals surface area contributed by atoms with Crippen LogP contribution < -0.4 is 11.1 Å². The number of nitrogens with two attached hydrogens (primary N) is 1. The van der Waals surface area contributed by atoms with Gasteiger partial charge < -0.3 is 11.1 Å². The van der Waals surface area contributed by atoms with Crippen LogP contribution in [0.15, 0.2) is 24.3 Å². The first-order valence-electron chi connectivity index (χ1n) is 8.71. The highest BCUT2D eigenvalue weighted by Crippen LogP contribution is 2.59. The summed E-state index contributed by atoms with van der Waals surface area (Å²) in [6.07, 6.45) is 8.27. The molecule has 1 amide bonds. The maximum Gasteiger partial charge on any atom is 0.251 e. The molecule has 5 rings (SSSR count). The van der Waals surface area contributed by atoms with Crippen LogP contribution in [-0.2, 0) is 0 Å². The predicted octanol–water partition coefficient (Wildman–Crippen LogP) is 3.27. The van der Waals surface area contributed by atoms with Crippen molar-refractivity contribution >= 4 is 23.1 Å². The Morgan fingerprint density at radius 2 is 1.52 bits per heavy atom. The van der Waals surface area contributed by atoms with E-state index >= 15 is 0 Å². The topological polar surface area (TPSA) is 55.1 Å². The molecular weight excluding hydrogens is 304 g/mol. The molecule has 3 nitrogen and oxygen atoms in total. The zero-order valence-corrected chi connectivity index (χ0v) is 14.2. The second kappa shape index (κ2) is 5.59. The van der Waals surface area contributed by atoms with Gasteiger partial charge in [0.15, 0.2) is 0 Å². The molecule has 4 aliphatic carbocycles. The third-order valence-corrected chi connectivity index (χ3v) is 6.46. The quantitative estimate of drug-likeness (QED) is 0.834. The fourth-order valence-electron chi connectivity index (χ4n) is 5.66. The maximum absolute atomic E-state index is 12.4. The van der Waals surface area contributed by atoms with Crippen LogP contribution in [0.25, 0.3) is 0 Å². The monoisotopic (exact) mass is 328 g/mol. The van der Waals surface area contributed by atoms with Gasteiger partial charge in [0.1, 0.15) is 4.99 Å². The van der Waals surface area contributed by atoms with Gasteiger partial charge in [-0.15, -0.1) is 0 Å². The van der Waals surface area contributed by atoms with E-state index in [4.69, 9.17) is 18.0 Å². The number of amides is 1. The van der Waals surface area contributed by atoms with Gasteiger partial charge >= 0.3 is 0 Å². The van der Waals surface area contributed by atoms with Crippen molar-refractivity contribution in [3.63, 3.8) is 0 Å². The Bertz CT molecular complexity index is 602. The lowest BCUT2D eigenvalue weighted by Crippen LogP contribution is -2.51. The van der Waals surface area contributed by atoms with Crippen molar-refractivity contribution in [3.05, 3.63) is 35.4 Å². The zero-order chi connectivity index (χ0) is 16.0. The molecule has 4 aliphatic rings. The van der Waals surface area contributed by atoms with Crippen LogP contribution in [0, 0.1) is 23.2 Å². The van der Waals surface area contributed by atoms with Crippen molar-refractivity contribution in [2.24, 2.45) is 28.9 Å². The number of hydrogen-bond donors (Lipinski definition) is 2. The lowest BCUT2D eigenvalue weighted by molar-refractivity contribution is -0.0503. The van der Waals surface area contributed by atoms with E-state index < -0.39 is 0 Å². The van der Waals surface area contributed by atoms with Crippen molar-refractivity contribution in [2.45, 2.75) is 38.5 Å². The summed E-state index contributed by atoms with van der Waals surface area (Å²) < 4.78 is 0. The maximum atomic E-state index is 12.4. The molecule has 0 radical (unpaired) electrons. The Hall–Kier alpha value is -1.42. The molecule has 4 bridgehead atoms. The number of carbonyl (C=O) groups excluding carboxylic acids is 1. The minimum atomic E-state index is 0.0234. The first-order chi connectivity index (χ1) is 11.0. The fraction of sp³-hybridized carbons (Fsp3) is 0.579. The largest absolute Gasteiger partial charge is 0.389 e. The van der Waals surface area contributed by atoms with Gasteiger partial charge in [-0.05, 0) is 73.8 Å². The molecule has 1 aromatic carbocycles. The smallest absolute Gasteiger partial charge is 0.251 e. The summed E-state index contributed by atoms with van der Waals surface area (Å²) in [6, 6.07) is 7.26. The Kier molecular flexibility index (Phi) is 3.67. The van der Waals surface area contributed by atoms with E-state index in [-0.39, 0.29) is 5.91 Å². The molecule has 0 aromatic heterocycles. The highest BCUT2D eigenvalue weighted by Gasteiger charge is 2.50. The molecule has 0 unspecified atom stereocenters. The minimum absolute atomic E-state index is 0.0234. The predicted molar refractivity (Wildman–Crippen MR) is 95.3 cm³/mol. The Balaban J connectivity index is 1.41. The van der Waals surface area contributed by atoms with Gasteiger partial charge in [0, 0.05) is 17.7 Å². The lowest BCUT2D eigenvalue weighted by Gasteiger charge is -2.56. The van der Waals surface area contributed by atoms with E-state index in [1.807, 2.05) is 24.3 Å². The highest BCUT2D eigenvalue weighted by atomic mass is 32.1. The average molecular weight is 328 g/mol. The van der Waals surface area contributed by atoms with Crippen LogP contribution in [0.5, 0.6) is 0 Å². The number of carbonyl (C=O) groups is 1. The van der Waals surface area contributed by atoms with E-state index in [0.717, 1.165) is 29.9 Å². The van der Waals surface area contributed by atoms with Gasteiger partial charge in [0.2, 0.25) is 0 Å². The molecule has 122 valence electrons. The second-order valence-electron chi connectivity index (χ2n) is 8.04. The number of benzene rings is 1. The molecule has 0 atom stereocenters. The molecule has 0 saturated heterocycles. The number of thiocarbonyl (C=S) groups is 1. The van der Waals surface area contributed by atoms with Crippen LogP contribution >= 0.6 is 12.2 Å². The van der Waals surface area contributed by atoms with E-state index in [1.54, 1.807) is 0 Å². The first-order valence-corrected chi connectivity index (χ1v) is 9.12. The van der Waals surface area contributed by atoms with Crippen LogP contribution in [0.1, 0.15) is 54.4 Å². The Morgan fingerprint density at radius 1 is 1.04 bits per heavy atom. The molecule has 3 N–H and O–H groups in total. The Morgan fingerprint density at radius 3 is 2.00 bits per heavy atom. The van der Waals surface area contributed by atoms with Crippen molar-refractivity contribution in [2.75, 3.05) is 6.54 Å². The molecule has 0 heterocycles. The Labute approximate surface area is 143 Å². The summed E-state index contributed by atoms with van der Waals surface area (Å²) in [4.78, 5) is 12.8. The molecule has 0 spiro atoms. The van der Waals surface area contributed by atoms with Crippen molar-refractivity contribution in [3.8, 4) is 0 Å². The molecule has 4 saturated carbocycles. The van der Waals surface area contributed by atoms with Gasteiger partial charge in [0.25, 0.3) is 5.91 Å². The standard InChI is InChI=1S/C19H24N2OS/c20-17(23)15-1-3-16(4-2-15)18(22)21-11-19-8-12-5-13(9-19)7-14(6-12)10-19/h1-4,12-14H,5-11H2,(H2,20,23)(H,21,22). The summed E-state index contributed by atoms with van der Waals surface area (Å²) >= 11 is 4.95. The molecule has 1 aromatic rings. The van der Waals surface area contributed by atoms with Crippen molar-refractivity contribution in [1.82, 2.24) is 5.32 Å². The van der Waals surface area contributed by atoms with Crippen LogP contribution in [0.4, 0.5) is 0 Å². The molecule has 4 heteroatoms. The van der Waals surface area contributed by atoms with Gasteiger partial charge in [-0.1, -0.05) is 24.4 Å². The third-order valence-electron chi connectivity index (χ3n) is 6.22. The molecular formula is C19H24N2OS. The lowest BCUT2D eigenvalue weighted by atomic mass is 9.49. The van der Waals surface area contributed by atoms with Crippen LogP contribution in [0.3, 0.4) is 0 Å². The molecule has 0 aliphatic heterocycles. The second-order valence-corrected chi connectivity index (χ2v) is 8.48. The number of nitrogens with one attached hydrogen (secondary N) is 1. The zero-order valence-electron chi connectivity index (χ0n) is 13.4. The van der Waals surface area contributed by atoms with Crippen LogP contribution in [-0.4, -0.2) is 17.4 Å². The van der Waals surface area contributed by atoms with E-state index in [0.29, 0.717) is 16.0 Å². The van der Waals surface area contributed by atoms with Gasteiger partial charge in [-0.25, -0.2) is 0 Å².